The summed E-state index contributed by atoms with van der Waals surface area (Å²) in [5.74, 6) is -0.721. The van der Waals surface area contributed by atoms with E-state index in [1.54, 1.807) is 66.7 Å². The fourth-order valence-electron chi connectivity index (χ4n) is 4.25. The van der Waals surface area contributed by atoms with Crippen LogP contribution in [0.2, 0.25) is 0 Å². The predicted molar refractivity (Wildman–Crippen MR) is 135 cm³/mol. The number of rotatable bonds is 3. The Morgan fingerprint density at radius 1 is 0.833 bits per heavy atom. The van der Waals surface area contributed by atoms with E-state index in [0.717, 1.165) is 0 Å². The lowest BCUT2D eigenvalue weighted by Gasteiger charge is -2.08. The van der Waals surface area contributed by atoms with Gasteiger partial charge in [-0.15, -0.1) is 0 Å². The summed E-state index contributed by atoms with van der Waals surface area (Å²) >= 11 is 0. The first-order valence-electron chi connectivity index (χ1n) is 11.1. The topological polar surface area (TPSA) is 122 Å². The highest BCUT2D eigenvalue weighted by Crippen LogP contribution is 2.35. The van der Waals surface area contributed by atoms with E-state index in [1.165, 1.54) is 6.21 Å². The van der Waals surface area contributed by atoms with Gasteiger partial charge in [0.25, 0.3) is 0 Å². The first kappa shape index (κ1) is 21.4. The minimum Gasteiger partial charge on any atom is -0.506 e. The molecule has 1 aliphatic rings. The van der Waals surface area contributed by atoms with Gasteiger partial charge in [0.1, 0.15) is 22.3 Å². The van der Waals surface area contributed by atoms with Crippen LogP contribution in [0.15, 0.2) is 101 Å². The molecule has 0 amide bonds. The van der Waals surface area contributed by atoms with Crippen molar-refractivity contribution in [1.29, 1.82) is 0 Å². The molecule has 6 rings (SSSR count). The summed E-state index contributed by atoms with van der Waals surface area (Å²) in [5, 5.41) is 11.2. The summed E-state index contributed by atoms with van der Waals surface area (Å²) < 4.78 is 10.8. The second-order valence-corrected chi connectivity index (χ2v) is 8.18. The van der Waals surface area contributed by atoms with Crippen LogP contribution in [0, 0.1) is 0 Å². The molecule has 0 bridgehead atoms. The van der Waals surface area contributed by atoms with E-state index < -0.39 is 17.0 Å². The summed E-state index contributed by atoms with van der Waals surface area (Å²) in [7, 11) is 0. The Bertz CT molecular complexity index is 1880. The first-order chi connectivity index (χ1) is 17.5. The Morgan fingerprint density at radius 2 is 1.61 bits per heavy atom. The molecule has 0 radical (unpaired) electrons. The van der Waals surface area contributed by atoms with E-state index in [2.05, 4.69) is 9.98 Å². The molecular formula is C28H16N2O6. The van der Waals surface area contributed by atoms with Crippen molar-refractivity contribution >= 4 is 51.0 Å². The van der Waals surface area contributed by atoms with Gasteiger partial charge in [0, 0.05) is 23.8 Å². The van der Waals surface area contributed by atoms with Gasteiger partial charge in [-0.2, -0.15) is 0 Å². The average molecular weight is 476 g/mol. The van der Waals surface area contributed by atoms with Crippen molar-refractivity contribution in [1.82, 2.24) is 0 Å². The molecular weight excluding hydrogens is 460 g/mol. The number of carbonyl (C=O) groups excluding carboxylic acids is 1. The van der Waals surface area contributed by atoms with Crippen LogP contribution in [-0.2, 0) is 0 Å². The molecule has 8 nitrogen and oxygen atoms in total. The van der Waals surface area contributed by atoms with Crippen LogP contribution in [0.3, 0.4) is 0 Å². The van der Waals surface area contributed by atoms with Crippen molar-refractivity contribution in [3.05, 3.63) is 110 Å². The molecule has 1 aliphatic heterocycles. The number of ketones is 1. The number of aliphatic imine (C=N–C) groups is 2. The van der Waals surface area contributed by atoms with E-state index in [9.17, 15) is 19.5 Å². The van der Waals surface area contributed by atoms with Crippen LogP contribution >= 0.6 is 0 Å². The molecule has 8 heteroatoms. The summed E-state index contributed by atoms with van der Waals surface area (Å²) in [5.41, 5.74) is 0.238. The monoisotopic (exact) mass is 476 g/mol. The zero-order valence-corrected chi connectivity index (χ0v) is 18.6. The lowest BCUT2D eigenvalue weighted by Crippen LogP contribution is -2.17. The van der Waals surface area contributed by atoms with E-state index >= 15 is 0 Å². The van der Waals surface area contributed by atoms with Gasteiger partial charge in [0.2, 0.25) is 0 Å². The summed E-state index contributed by atoms with van der Waals surface area (Å²) in [6.07, 6.45) is 1.60. The number of aromatic hydroxyl groups is 1. The summed E-state index contributed by atoms with van der Waals surface area (Å²) in [6, 6.07) is 20.3. The molecule has 3 heterocycles. The third-order valence-corrected chi connectivity index (χ3v) is 5.97. The van der Waals surface area contributed by atoms with Crippen LogP contribution in [0.25, 0.3) is 21.9 Å². The predicted octanol–water partition coefficient (Wildman–Crippen LogP) is 5.06. The van der Waals surface area contributed by atoms with Gasteiger partial charge in [0.05, 0.1) is 22.5 Å². The summed E-state index contributed by atoms with van der Waals surface area (Å²) in [4.78, 5) is 47.4. The van der Waals surface area contributed by atoms with Crippen molar-refractivity contribution < 1.29 is 18.7 Å². The lowest BCUT2D eigenvalue weighted by atomic mass is 10.0. The molecule has 0 saturated carbocycles. The van der Waals surface area contributed by atoms with Gasteiger partial charge in [0.15, 0.2) is 11.4 Å². The van der Waals surface area contributed by atoms with Gasteiger partial charge in [-0.1, -0.05) is 42.5 Å². The van der Waals surface area contributed by atoms with Crippen LogP contribution in [0.1, 0.15) is 27.9 Å². The number of hydrogen-bond acceptors (Lipinski definition) is 8. The largest absolute Gasteiger partial charge is 0.506 e. The van der Waals surface area contributed by atoms with Crippen molar-refractivity contribution in [2.24, 2.45) is 9.98 Å². The second-order valence-electron chi connectivity index (χ2n) is 8.18. The number of nitrogens with zero attached hydrogens (tertiary/aromatic N) is 2. The smallest absolute Gasteiger partial charge is 0.351 e. The van der Waals surface area contributed by atoms with Gasteiger partial charge >= 0.3 is 11.3 Å². The highest BCUT2D eigenvalue weighted by atomic mass is 16.4. The third kappa shape index (κ3) is 3.43. The standard InChI is InChI=1S/C28H16N2O6/c31-24(15-6-2-1-3-7-15)16-10-11-18-20(14-16)29-13-12-19(30-18)22-25(32)23-26(36-27(22)33)17-8-4-5-9-21(17)35-28(23)34/h1-11,13-14,32H,12H2. The van der Waals surface area contributed by atoms with Crippen LogP contribution in [0.5, 0.6) is 5.75 Å². The molecule has 0 saturated heterocycles. The second kappa shape index (κ2) is 8.28. The maximum absolute atomic E-state index is 13.0. The number of para-hydroxylation sites is 1. The molecule has 0 atom stereocenters. The maximum Gasteiger partial charge on any atom is 0.351 e. The van der Waals surface area contributed by atoms with Crippen molar-refractivity contribution in [2.75, 3.05) is 0 Å². The molecule has 0 fully saturated rings. The average Bonchev–Trinajstić information content (AvgIpc) is 3.10. The zero-order valence-electron chi connectivity index (χ0n) is 18.6. The normalized spacial score (nSPS) is 12.8. The molecule has 3 aromatic carbocycles. The molecule has 2 aromatic heterocycles. The van der Waals surface area contributed by atoms with Crippen LogP contribution < -0.4 is 11.3 Å². The lowest BCUT2D eigenvalue weighted by molar-refractivity contribution is 0.103. The Labute approximate surface area is 202 Å². The fourth-order valence-corrected chi connectivity index (χ4v) is 4.25. The Balaban J connectivity index is 1.49. The highest BCUT2D eigenvalue weighted by molar-refractivity contribution is 6.15. The minimum absolute atomic E-state index is 0.0551. The molecule has 174 valence electrons. The Morgan fingerprint density at radius 3 is 2.44 bits per heavy atom. The number of carbonyl (C=O) groups is 1. The first-order valence-corrected chi connectivity index (χ1v) is 11.1. The van der Waals surface area contributed by atoms with E-state index in [4.69, 9.17) is 8.83 Å². The molecule has 5 aromatic rings. The molecule has 0 spiro atoms. The maximum atomic E-state index is 13.0. The minimum atomic E-state index is -0.845. The summed E-state index contributed by atoms with van der Waals surface area (Å²) in [6.45, 7) is 0. The number of benzene rings is 3. The molecule has 36 heavy (non-hydrogen) atoms. The van der Waals surface area contributed by atoms with E-state index in [0.29, 0.717) is 27.9 Å². The Hall–Kier alpha value is -5.11. The number of fused-ring (bicyclic) bond motifs is 4. The van der Waals surface area contributed by atoms with E-state index in [-0.39, 0.29) is 40.0 Å². The molecule has 0 unspecified atom stereocenters. The van der Waals surface area contributed by atoms with Crippen molar-refractivity contribution in [3.8, 4) is 5.75 Å². The fraction of sp³-hybridized carbons (Fsp3) is 0.0357. The van der Waals surface area contributed by atoms with Crippen LogP contribution in [-0.4, -0.2) is 22.8 Å². The van der Waals surface area contributed by atoms with Crippen molar-refractivity contribution in [2.45, 2.75) is 6.42 Å². The van der Waals surface area contributed by atoms with E-state index in [1.807, 2.05) is 6.07 Å². The van der Waals surface area contributed by atoms with Crippen molar-refractivity contribution in [3.63, 3.8) is 0 Å². The van der Waals surface area contributed by atoms with Gasteiger partial charge in [-0.25, -0.2) is 14.6 Å². The zero-order chi connectivity index (χ0) is 24.8. The third-order valence-electron chi connectivity index (χ3n) is 5.97. The highest BCUT2D eigenvalue weighted by Gasteiger charge is 2.24. The van der Waals surface area contributed by atoms with Gasteiger partial charge in [-0.05, 0) is 30.3 Å². The van der Waals surface area contributed by atoms with Gasteiger partial charge in [-0.3, -0.25) is 9.79 Å². The molecule has 1 N–H and O–H groups in total. The SMILES string of the molecule is O=C(c1ccccc1)c1ccc2c(c1)N=CCC(c1c(O)c3c(=O)oc4ccccc4c3oc1=O)=N2. The van der Waals surface area contributed by atoms with Gasteiger partial charge < -0.3 is 13.9 Å². The molecule has 0 aliphatic carbocycles. The van der Waals surface area contributed by atoms with Crippen LogP contribution in [0.4, 0.5) is 11.4 Å². The quantitative estimate of drug-likeness (QED) is 0.221. The number of hydrogen-bond donors (Lipinski definition) is 1. The Kier molecular flexibility index (Phi) is 4.93.